The first-order valence-electron chi connectivity index (χ1n) is 6.61. The molecule has 0 aromatic heterocycles. The van der Waals surface area contributed by atoms with Crippen LogP contribution in [0.15, 0.2) is 87.8 Å². The topological polar surface area (TPSA) is 0 Å². The molecule has 3 rings (SSSR count). The van der Waals surface area contributed by atoms with Crippen LogP contribution >= 0.6 is 73.7 Å². The molecule has 3 aromatic rings. The largest absolute Gasteiger partial charge is 0.114 e. The van der Waals surface area contributed by atoms with E-state index in [-0.39, 0.29) is 34.0 Å². The fourth-order valence-electron chi connectivity index (χ4n) is 2.25. The second-order valence-electron chi connectivity index (χ2n) is 4.58. The van der Waals surface area contributed by atoms with Crippen molar-refractivity contribution in [3.8, 4) is 0 Å². The molecule has 0 atom stereocenters. The Morgan fingerprint density at radius 3 is 1.52 bits per heavy atom. The lowest BCUT2D eigenvalue weighted by Gasteiger charge is -2.21. The smallest absolute Gasteiger partial charge is 0.0400 e. The summed E-state index contributed by atoms with van der Waals surface area (Å²) >= 11 is 7.37. The predicted octanol–water partition coefficient (Wildman–Crippen LogP) is 6.13. The van der Waals surface area contributed by atoms with E-state index in [2.05, 4.69) is 111 Å². The van der Waals surface area contributed by atoms with Gasteiger partial charge < -0.3 is 0 Å². The van der Waals surface area contributed by atoms with Crippen molar-refractivity contribution in [1.82, 2.24) is 0 Å². The van der Waals surface area contributed by atoms with Gasteiger partial charge in [-0.25, -0.2) is 0 Å². The lowest BCUT2D eigenvalue weighted by molar-refractivity contribution is 1.64. The molecule has 0 bridgehead atoms. The molecule has 5 heteroatoms. The van der Waals surface area contributed by atoms with Crippen molar-refractivity contribution in [1.29, 1.82) is 0 Å². The first-order valence-corrected chi connectivity index (χ1v) is 9.54. The van der Waals surface area contributed by atoms with Crippen molar-refractivity contribution in [2.45, 2.75) is 0 Å². The molecule has 0 aliphatic rings. The molecule has 0 amide bonds. The van der Waals surface area contributed by atoms with Gasteiger partial charge in [0.1, 0.15) is 0 Å². The van der Waals surface area contributed by atoms with Crippen molar-refractivity contribution in [2.75, 3.05) is 0 Å². The Morgan fingerprint density at radius 1 is 0.565 bits per heavy atom. The van der Waals surface area contributed by atoms with E-state index < -0.39 is 7.92 Å². The summed E-state index contributed by atoms with van der Waals surface area (Å²) in [4.78, 5) is 0. The van der Waals surface area contributed by atoms with Crippen LogP contribution in [0.3, 0.4) is 0 Å². The van der Waals surface area contributed by atoms with Crippen LogP contribution in [0.5, 0.6) is 0 Å². The third-order valence-electron chi connectivity index (χ3n) is 3.20. The maximum Gasteiger partial charge on any atom is 0.0400 e. The van der Waals surface area contributed by atoms with Gasteiger partial charge in [-0.1, -0.05) is 72.8 Å². The van der Waals surface area contributed by atoms with Gasteiger partial charge in [-0.15, -0.1) is 34.0 Å². The normalized spacial score (nSPS) is 9.87. The molecule has 0 spiro atoms. The van der Waals surface area contributed by atoms with E-state index in [9.17, 15) is 0 Å². The molecule has 120 valence electrons. The van der Waals surface area contributed by atoms with Crippen LogP contribution in [-0.2, 0) is 0 Å². The number of hydrogen-bond donors (Lipinski definition) is 0. The molecule has 0 fully saturated rings. The van der Waals surface area contributed by atoms with Crippen molar-refractivity contribution < 1.29 is 0 Å². The Labute approximate surface area is 176 Å². The van der Waals surface area contributed by atoms with Gasteiger partial charge in [0.05, 0.1) is 0 Å². The monoisotopic (exact) mass is 578 g/mol. The molecule has 0 aliphatic heterocycles. The average molecular weight is 582 g/mol. The molecule has 0 unspecified atom stereocenters. The standard InChI is InChI=1S/C18H13Br2P.2BrH/c19-16-12-7-13-17(18(16)20)21(14-8-3-1-4-9-14)15-10-5-2-6-11-15;;/h1-13H;2*1H. The molecular weight excluding hydrogens is 567 g/mol. The van der Waals surface area contributed by atoms with Gasteiger partial charge in [0, 0.05) is 14.2 Å². The zero-order valence-electron chi connectivity index (χ0n) is 12.0. The summed E-state index contributed by atoms with van der Waals surface area (Å²) in [6.45, 7) is 0. The van der Waals surface area contributed by atoms with E-state index >= 15 is 0 Å². The Balaban J connectivity index is 0.00000132. The Hall–Kier alpha value is 0.0100. The minimum atomic E-state index is -0.560. The van der Waals surface area contributed by atoms with E-state index in [1.165, 1.54) is 15.9 Å². The summed E-state index contributed by atoms with van der Waals surface area (Å²) in [5.41, 5.74) is 0. The van der Waals surface area contributed by atoms with Crippen LogP contribution in [-0.4, -0.2) is 0 Å². The highest BCUT2D eigenvalue weighted by Crippen LogP contribution is 2.37. The Bertz CT molecular complexity index is 693. The molecule has 3 aromatic carbocycles. The fourth-order valence-corrected chi connectivity index (χ4v) is 5.91. The quantitative estimate of drug-likeness (QED) is 0.327. The summed E-state index contributed by atoms with van der Waals surface area (Å²) < 4.78 is 2.24. The lowest BCUT2D eigenvalue weighted by Crippen LogP contribution is -2.21. The van der Waals surface area contributed by atoms with E-state index in [1.54, 1.807) is 0 Å². The number of benzene rings is 3. The number of hydrogen-bond acceptors (Lipinski definition) is 0. The summed E-state index contributed by atoms with van der Waals surface area (Å²) in [6.07, 6.45) is 0. The maximum absolute atomic E-state index is 3.74. The molecule has 23 heavy (non-hydrogen) atoms. The van der Waals surface area contributed by atoms with Crippen LogP contribution in [0.2, 0.25) is 0 Å². The van der Waals surface area contributed by atoms with Crippen molar-refractivity contribution in [3.05, 3.63) is 87.8 Å². The van der Waals surface area contributed by atoms with Crippen molar-refractivity contribution in [3.63, 3.8) is 0 Å². The van der Waals surface area contributed by atoms with Gasteiger partial charge >= 0.3 is 0 Å². The molecule has 0 heterocycles. The molecule has 0 saturated carbocycles. The van der Waals surface area contributed by atoms with Crippen LogP contribution in [0.25, 0.3) is 0 Å². The Morgan fingerprint density at radius 2 is 1.04 bits per heavy atom. The first-order chi connectivity index (χ1) is 10.3. The van der Waals surface area contributed by atoms with E-state index in [0.717, 1.165) is 8.95 Å². The van der Waals surface area contributed by atoms with Gasteiger partial charge in [-0.05, 0) is 56.5 Å². The zero-order chi connectivity index (χ0) is 14.7. The minimum absolute atomic E-state index is 0. The third kappa shape index (κ3) is 4.99. The number of rotatable bonds is 3. The molecule has 0 aliphatic carbocycles. The maximum atomic E-state index is 3.74. The molecular formula is C18H15Br4P. The highest BCUT2D eigenvalue weighted by atomic mass is 79.9. The average Bonchev–Trinajstić information content (AvgIpc) is 2.54. The SMILES string of the molecule is Br.Br.Brc1cccc(P(c2ccccc2)c2ccccc2)c1Br. The van der Waals surface area contributed by atoms with Crippen LogP contribution < -0.4 is 15.9 Å². The van der Waals surface area contributed by atoms with Crippen molar-refractivity contribution in [2.24, 2.45) is 0 Å². The first kappa shape index (κ1) is 21.1. The summed E-state index contributed by atoms with van der Waals surface area (Å²) in [5, 5.41) is 4.05. The van der Waals surface area contributed by atoms with Crippen LogP contribution in [0.1, 0.15) is 0 Å². The molecule has 0 N–H and O–H groups in total. The predicted molar refractivity (Wildman–Crippen MR) is 121 cm³/mol. The van der Waals surface area contributed by atoms with E-state index in [4.69, 9.17) is 0 Å². The molecule has 0 saturated heterocycles. The second kappa shape index (κ2) is 10.1. The van der Waals surface area contributed by atoms with Gasteiger partial charge in [-0.3, -0.25) is 0 Å². The lowest BCUT2D eigenvalue weighted by atomic mass is 10.4. The highest BCUT2D eigenvalue weighted by Gasteiger charge is 2.19. The third-order valence-corrected chi connectivity index (χ3v) is 8.04. The van der Waals surface area contributed by atoms with Gasteiger partial charge in [0.2, 0.25) is 0 Å². The zero-order valence-corrected chi connectivity index (χ0v) is 19.5. The van der Waals surface area contributed by atoms with Crippen molar-refractivity contribution >= 4 is 89.7 Å². The minimum Gasteiger partial charge on any atom is -0.114 e. The van der Waals surface area contributed by atoms with E-state index in [0.29, 0.717) is 0 Å². The fraction of sp³-hybridized carbons (Fsp3) is 0. The summed E-state index contributed by atoms with van der Waals surface area (Å²) in [5.74, 6) is 0. The van der Waals surface area contributed by atoms with Gasteiger partial charge in [0.15, 0.2) is 0 Å². The summed E-state index contributed by atoms with van der Waals surface area (Å²) in [7, 11) is -0.560. The summed E-state index contributed by atoms with van der Waals surface area (Å²) in [6, 6.07) is 27.8. The van der Waals surface area contributed by atoms with E-state index in [1.807, 2.05) is 0 Å². The van der Waals surface area contributed by atoms with Gasteiger partial charge in [-0.2, -0.15) is 0 Å². The highest BCUT2D eigenvalue weighted by molar-refractivity contribution is 9.13. The number of halogens is 4. The van der Waals surface area contributed by atoms with Gasteiger partial charge in [0.25, 0.3) is 0 Å². The second-order valence-corrected chi connectivity index (χ2v) is 8.41. The molecule has 0 nitrogen and oxygen atoms in total. The molecule has 0 radical (unpaired) electrons. The van der Waals surface area contributed by atoms with Crippen LogP contribution in [0.4, 0.5) is 0 Å². The van der Waals surface area contributed by atoms with Crippen LogP contribution in [0, 0.1) is 0 Å². The Kier molecular flexibility index (Phi) is 9.25.